The van der Waals surface area contributed by atoms with Gasteiger partial charge in [-0.15, -0.1) is 0 Å². The van der Waals surface area contributed by atoms with Gasteiger partial charge < -0.3 is 14.5 Å². The van der Waals surface area contributed by atoms with Gasteiger partial charge in [-0.2, -0.15) is 0 Å². The quantitative estimate of drug-likeness (QED) is 0.178. The van der Waals surface area contributed by atoms with E-state index in [1.165, 1.54) is 22.4 Å². The summed E-state index contributed by atoms with van der Waals surface area (Å²) >= 11 is 0. The van der Waals surface area contributed by atoms with Crippen LogP contribution in [0.3, 0.4) is 0 Å². The first-order valence-electron chi connectivity index (χ1n) is 18.8. The maximum Gasteiger partial charge on any atom is 0.166 e. The second-order valence-corrected chi connectivity index (χ2v) is 17.7. The SMILES string of the molecule is CC(C)(C)c1cc(N2CN(c3cccc(Oc4cc5c(cc4F)c4ccccc4n5-c4cc(C(C)(C)C)ccn4)c3)c3ccccc32)cc(C(C)(C)C)c1. The van der Waals surface area contributed by atoms with Crippen molar-refractivity contribution in [3.05, 3.63) is 144 Å². The van der Waals surface area contributed by atoms with Crippen LogP contribution in [0, 0.1) is 5.82 Å². The van der Waals surface area contributed by atoms with Gasteiger partial charge in [0, 0.05) is 40.5 Å². The molecule has 54 heavy (non-hydrogen) atoms. The van der Waals surface area contributed by atoms with Crippen LogP contribution in [0.5, 0.6) is 11.5 Å². The van der Waals surface area contributed by atoms with Gasteiger partial charge in [0.25, 0.3) is 0 Å². The van der Waals surface area contributed by atoms with Crippen LogP contribution in [-0.2, 0) is 16.2 Å². The molecular formula is C48H49FN4O. The van der Waals surface area contributed by atoms with E-state index < -0.39 is 5.82 Å². The van der Waals surface area contributed by atoms with Crippen LogP contribution >= 0.6 is 0 Å². The molecule has 0 amide bonds. The molecule has 0 saturated carbocycles. The number of halogens is 1. The van der Waals surface area contributed by atoms with Crippen molar-refractivity contribution >= 4 is 44.6 Å². The number of anilines is 4. The minimum absolute atomic E-state index is 0.000234. The summed E-state index contributed by atoms with van der Waals surface area (Å²) in [6.07, 6.45) is 1.85. The summed E-state index contributed by atoms with van der Waals surface area (Å²) in [5, 5.41) is 1.77. The third kappa shape index (κ3) is 6.38. The Morgan fingerprint density at radius 2 is 1.19 bits per heavy atom. The van der Waals surface area contributed by atoms with E-state index in [1.807, 2.05) is 48.7 Å². The Morgan fingerprint density at radius 1 is 0.556 bits per heavy atom. The molecule has 0 N–H and O–H groups in total. The van der Waals surface area contributed by atoms with Gasteiger partial charge in [0.2, 0.25) is 0 Å². The number of hydrogen-bond donors (Lipinski definition) is 0. The predicted octanol–water partition coefficient (Wildman–Crippen LogP) is 13.2. The van der Waals surface area contributed by atoms with Gasteiger partial charge in [0.1, 0.15) is 18.2 Å². The average molecular weight is 717 g/mol. The molecule has 0 bridgehead atoms. The monoisotopic (exact) mass is 716 g/mol. The summed E-state index contributed by atoms with van der Waals surface area (Å²) in [6.45, 7) is 20.8. The number of ether oxygens (including phenoxy) is 1. The van der Waals surface area contributed by atoms with Gasteiger partial charge in [0.05, 0.1) is 22.4 Å². The molecule has 0 radical (unpaired) electrons. The normalized spacial score (nSPS) is 13.6. The Balaban J connectivity index is 1.17. The number of benzene rings is 5. The molecule has 1 aliphatic heterocycles. The first-order chi connectivity index (χ1) is 25.6. The minimum Gasteiger partial charge on any atom is -0.454 e. The highest BCUT2D eigenvalue weighted by molar-refractivity contribution is 6.09. The second kappa shape index (κ2) is 12.8. The third-order valence-corrected chi connectivity index (χ3v) is 10.6. The zero-order valence-electron chi connectivity index (χ0n) is 32.8. The fraction of sp³-hybridized carbons (Fsp3) is 0.271. The second-order valence-electron chi connectivity index (χ2n) is 17.7. The first-order valence-corrected chi connectivity index (χ1v) is 18.8. The van der Waals surface area contributed by atoms with Crippen LogP contribution in [0.15, 0.2) is 121 Å². The Morgan fingerprint density at radius 3 is 1.85 bits per heavy atom. The van der Waals surface area contributed by atoms with Gasteiger partial charge in [-0.05, 0) is 93.6 Å². The Labute approximate surface area is 318 Å². The zero-order chi connectivity index (χ0) is 38.2. The van der Waals surface area contributed by atoms with E-state index in [-0.39, 0.29) is 22.0 Å². The number of rotatable bonds is 5. The smallest absolute Gasteiger partial charge is 0.166 e. The highest BCUT2D eigenvalue weighted by atomic mass is 19.1. The number of aromatic nitrogens is 2. The Kier molecular flexibility index (Phi) is 8.37. The molecule has 0 unspecified atom stereocenters. The van der Waals surface area contributed by atoms with Crippen LogP contribution in [0.25, 0.3) is 27.6 Å². The number of para-hydroxylation sites is 3. The number of pyridine rings is 1. The van der Waals surface area contributed by atoms with E-state index in [0.29, 0.717) is 12.4 Å². The van der Waals surface area contributed by atoms with Crippen LogP contribution in [0.1, 0.15) is 79.0 Å². The molecule has 0 atom stereocenters. The lowest BCUT2D eigenvalue weighted by molar-refractivity contribution is 0.443. The van der Waals surface area contributed by atoms with Gasteiger partial charge in [-0.3, -0.25) is 4.57 Å². The van der Waals surface area contributed by atoms with Crippen LogP contribution in [-0.4, -0.2) is 16.2 Å². The Hall–Kier alpha value is -5.62. The minimum atomic E-state index is -0.418. The third-order valence-electron chi connectivity index (χ3n) is 10.6. The van der Waals surface area contributed by atoms with Crippen molar-refractivity contribution in [1.82, 2.24) is 9.55 Å². The van der Waals surface area contributed by atoms with Crippen LogP contribution in [0.4, 0.5) is 27.1 Å². The van der Waals surface area contributed by atoms with E-state index in [4.69, 9.17) is 9.72 Å². The molecule has 1 aliphatic rings. The molecule has 0 saturated heterocycles. The highest BCUT2D eigenvalue weighted by Crippen LogP contribution is 2.46. The van der Waals surface area contributed by atoms with Crippen molar-refractivity contribution in [3.8, 4) is 17.3 Å². The van der Waals surface area contributed by atoms with Gasteiger partial charge >= 0.3 is 0 Å². The standard InChI is InChI=1S/C48H49FN4O/c1-46(2,3)31-21-22-50-45(26-31)53-40-18-11-10-17-37(40)38-28-39(49)44(29-43(38)53)54-36-16-14-15-34(27-36)51-30-52(42-20-13-12-19-41(42)51)35-24-32(47(4,5)6)23-33(25-35)48(7,8)9/h10-29H,30H2,1-9H3. The van der Waals surface area contributed by atoms with Crippen molar-refractivity contribution in [2.24, 2.45) is 0 Å². The fourth-order valence-corrected chi connectivity index (χ4v) is 7.43. The summed E-state index contributed by atoms with van der Waals surface area (Å²) < 4.78 is 24.6. The summed E-state index contributed by atoms with van der Waals surface area (Å²) in [5.41, 5.74) is 9.92. The molecule has 0 fully saturated rings. The van der Waals surface area contributed by atoms with Gasteiger partial charge in [-0.25, -0.2) is 9.37 Å². The average Bonchev–Trinajstić information content (AvgIpc) is 3.67. The molecule has 5 aromatic carbocycles. The maximum absolute atomic E-state index is 16.1. The first kappa shape index (κ1) is 35.4. The lowest BCUT2D eigenvalue weighted by Crippen LogP contribution is -2.25. The van der Waals surface area contributed by atoms with Gasteiger partial charge in [-0.1, -0.05) is 105 Å². The van der Waals surface area contributed by atoms with Crippen molar-refractivity contribution in [2.45, 2.75) is 78.6 Å². The topological polar surface area (TPSA) is 33.5 Å². The predicted molar refractivity (Wildman–Crippen MR) is 223 cm³/mol. The van der Waals surface area contributed by atoms with Crippen molar-refractivity contribution in [2.75, 3.05) is 16.5 Å². The molecule has 0 spiro atoms. The molecule has 2 aromatic heterocycles. The molecule has 6 heteroatoms. The van der Waals surface area contributed by atoms with E-state index in [0.717, 1.165) is 44.7 Å². The molecule has 8 rings (SSSR count). The lowest BCUT2D eigenvalue weighted by atomic mass is 9.80. The molecular weight excluding hydrogens is 668 g/mol. The van der Waals surface area contributed by atoms with Crippen molar-refractivity contribution in [1.29, 1.82) is 0 Å². The molecule has 5 nitrogen and oxygen atoms in total. The molecule has 274 valence electrons. The lowest BCUT2D eigenvalue weighted by Gasteiger charge is -2.29. The van der Waals surface area contributed by atoms with E-state index in [2.05, 4.69) is 143 Å². The summed E-state index contributed by atoms with van der Waals surface area (Å²) in [7, 11) is 0. The number of nitrogens with zero attached hydrogens (tertiary/aromatic N) is 4. The zero-order valence-corrected chi connectivity index (χ0v) is 32.8. The molecule has 3 heterocycles. The van der Waals surface area contributed by atoms with E-state index in [1.54, 1.807) is 6.07 Å². The van der Waals surface area contributed by atoms with Crippen molar-refractivity contribution in [3.63, 3.8) is 0 Å². The van der Waals surface area contributed by atoms with Crippen LogP contribution < -0.4 is 14.5 Å². The summed E-state index contributed by atoms with van der Waals surface area (Å²) in [4.78, 5) is 9.48. The fourth-order valence-electron chi connectivity index (χ4n) is 7.43. The van der Waals surface area contributed by atoms with E-state index >= 15 is 4.39 Å². The summed E-state index contributed by atoms with van der Waals surface area (Å²) in [5.74, 6) is 1.08. The van der Waals surface area contributed by atoms with Gasteiger partial charge in [0.15, 0.2) is 11.6 Å². The summed E-state index contributed by atoms with van der Waals surface area (Å²) in [6, 6.07) is 39.2. The molecule has 0 aliphatic carbocycles. The van der Waals surface area contributed by atoms with E-state index in [9.17, 15) is 0 Å². The van der Waals surface area contributed by atoms with Crippen molar-refractivity contribution < 1.29 is 9.13 Å². The number of hydrogen-bond acceptors (Lipinski definition) is 4. The molecule has 7 aromatic rings. The Bertz CT molecular complexity index is 2510. The maximum atomic E-state index is 16.1. The largest absolute Gasteiger partial charge is 0.454 e. The number of fused-ring (bicyclic) bond motifs is 4. The highest BCUT2D eigenvalue weighted by Gasteiger charge is 2.30. The van der Waals surface area contributed by atoms with Crippen LogP contribution in [0.2, 0.25) is 0 Å².